The van der Waals surface area contributed by atoms with Gasteiger partial charge in [-0.15, -0.1) is 11.3 Å². The molecule has 1 aromatic heterocycles. The van der Waals surface area contributed by atoms with E-state index in [4.69, 9.17) is 0 Å². The zero-order chi connectivity index (χ0) is 13.0. The van der Waals surface area contributed by atoms with Crippen LogP contribution in [-0.4, -0.2) is 23.7 Å². The molecule has 4 heteroatoms. The summed E-state index contributed by atoms with van der Waals surface area (Å²) in [5.74, 6) is 0.0732. The highest BCUT2D eigenvalue weighted by atomic mass is 32.1. The minimum Gasteiger partial charge on any atom is -0.391 e. The van der Waals surface area contributed by atoms with Crippen molar-refractivity contribution in [1.29, 1.82) is 0 Å². The lowest BCUT2D eigenvalue weighted by Crippen LogP contribution is -2.34. The monoisotopic (exact) mass is 255 g/mol. The van der Waals surface area contributed by atoms with Gasteiger partial charge in [0, 0.05) is 11.4 Å². The number of thiophene rings is 1. The molecule has 1 unspecified atom stereocenters. The van der Waals surface area contributed by atoms with Crippen LogP contribution in [0.1, 0.15) is 40.9 Å². The first-order chi connectivity index (χ1) is 7.95. The van der Waals surface area contributed by atoms with Gasteiger partial charge in [-0.05, 0) is 30.9 Å². The zero-order valence-electron chi connectivity index (χ0n) is 10.9. The van der Waals surface area contributed by atoms with E-state index in [9.17, 15) is 9.90 Å². The Kier molecular flexibility index (Phi) is 5.15. The highest BCUT2D eigenvalue weighted by Gasteiger charge is 2.14. The number of carbonyl (C=O) groups is 1. The third-order valence-electron chi connectivity index (χ3n) is 2.81. The van der Waals surface area contributed by atoms with Gasteiger partial charge >= 0.3 is 0 Å². The van der Waals surface area contributed by atoms with E-state index in [-0.39, 0.29) is 11.8 Å². The van der Waals surface area contributed by atoms with Gasteiger partial charge < -0.3 is 10.4 Å². The van der Waals surface area contributed by atoms with Crippen molar-refractivity contribution in [3.05, 3.63) is 21.4 Å². The second-order valence-electron chi connectivity index (χ2n) is 4.59. The Balaban J connectivity index is 2.58. The third kappa shape index (κ3) is 3.82. The number of nitrogens with one attached hydrogen (secondary N) is 1. The van der Waals surface area contributed by atoms with Gasteiger partial charge in [0.25, 0.3) is 5.91 Å². The maximum Gasteiger partial charge on any atom is 0.261 e. The first kappa shape index (κ1) is 14.2. The van der Waals surface area contributed by atoms with Crippen LogP contribution in [-0.2, 0) is 6.42 Å². The van der Waals surface area contributed by atoms with Gasteiger partial charge in [0.1, 0.15) is 0 Å². The van der Waals surface area contributed by atoms with Gasteiger partial charge in [-0.2, -0.15) is 0 Å². The van der Waals surface area contributed by atoms with E-state index in [2.05, 4.69) is 12.2 Å². The first-order valence-corrected chi connectivity index (χ1v) is 6.82. The average molecular weight is 255 g/mol. The van der Waals surface area contributed by atoms with E-state index in [1.165, 1.54) is 21.8 Å². The topological polar surface area (TPSA) is 49.3 Å². The number of amides is 1. The quantitative estimate of drug-likeness (QED) is 0.848. The van der Waals surface area contributed by atoms with Gasteiger partial charge in [0.2, 0.25) is 0 Å². The molecule has 0 saturated carbocycles. The van der Waals surface area contributed by atoms with Crippen LogP contribution in [0.3, 0.4) is 0 Å². The number of aliphatic hydroxyl groups excluding tert-OH is 1. The molecule has 1 amide bonds. The van der Waals surface area contributed by atoms with Crippen molar-refractivity contribution in [1.82, 2.24) is 5.32 Å². The molecule has 3 nitrogen and oxygen atoms in total. The number of hydrogen-bond donors (Lipinski definition) is 2. The Bertz CT molecular complexity index is 385. The Hall–Kier alpha value is -0.870. The molecular weight excluding hydrogens is 234 g/mol. The van der Waals surface area contributed by atoms with E-state index in [1.807, 2.05) is 26.8 Å². The first-order valence-electron chi connectivity index (χ1n) is 6.01. The van der Waals surface area contributed by atoms with Gasteiger partial charge in [0.15, 0.2) is 0 Å². The van der Waals surface area contributed by atoms with E-state index in [1.54, 1.807) is 0 Å². The Morgan fingerprint density at radius 3 is 2.65 bits per heavy atom. The zero-order valence-corrected chi connectivity index (χ0v) is 11.7. The number of aliphatic hydroxyl groups is 1. The van der Waals surface area contributed by atoms with Crippen LogP contribution in [0.2, 0.25) is 0 Å². The van der Waals surface area contributed by atoms with Crippen LogP contribution < -0.4 is 5.32 Å². The minimum absolute atomic E-state index is 0.0856. The highest BCUT2D eigenvalue weighted by Crippen LogP contribution is 2.22. The van der Waals surface area contributed by atoms with Crippen LogP contribution in [0.4, 0.5) is 0 Å². The molecule has 0 radical (unpaired) electrons. The summed E-state index contributed by atoms with van der Waals surface area (Å²) in [5, 5.41) is 12.4. The van der Waals surface area contributed by atoms with Crippen LogP contribution in [0.15, 0.2) is 6.07 Å². The molecule has 0 aliphatic heterocycles. The summed E-state index contributed by atoms with van der Waals surface area (Å²) >= 11 is 1.53. The van der Waals surface area contributed by atoms with Crippen molar-refractivity contribution in [2.45, 2.75) is 40.2 Å². The predicted octanol–water partition coefficient (Wildman–Crippen LogP) is 2.37. The Labute approximate surface area is 107 Å². The lowest BCUT2D eigenvalue weighted by molar-refractivity contribution is 0.0875. The van der Waals surface area contributed by atoms with Gasteiger partial charge in [-0.25, -0.2) is 0 Å². The molecule has 0 saturated heterocycles. The summed E-state index contributed by atoms with van der Waals surface area (Å²) < 4.78 is 0. The molecule has 1 heterocycles. The standard InChI is InChI=1S/C13H21NO2S/c1-5-11-9(4)6-12(17-11)13(16)14-7-10(15)8(2)3/h6,8,10,15H,5,7H2,1-4H3,(H,14,16). The van der Waals surface area contributed by atoms with Crippen LogP contribution >= 0.6 is 11.3 Å². The minimum atomic E-state index is -0.481. The summed E-state index contributed by atoms with van der Waals surface area (Å²) in [6, 6.07) is 1.92. The molecule has 0 aromatic carbocycles. The fourth-order valence-electron chi connectivity index (χ4n) is 1.50. The van der Waals surface area contributed by atoms with Crippen molar-refractivity contribution in [2.24, 2.45) is 5.92 Å². The molecule has 0 bridgehead atoms. The van der Waals surface area contributed by atoms with Crippen molar-refractivity contribution < 1.29 is 9.90 Å². The SMILES string of the molecule is CCc1sc(C(=O)NCC(O)C(C)C)cc1C. The molecule has 0 fully saturated rings. The molecule has 17 heavy (non-hydrogen) atoms. The summed E-state index contributed by atoms with van der Waals surface area (Å²) in [7, 11) is 0. The normalized spacial score (nSPS) is 12.8. The maximum absolute atomic E-state index is 11.8. The van der Waals surface area contributed by atoms with Crippen LogP contribution in [0, 0.1) is 12.8 Å². The van der Waals surface area contributed by atoms with Crippen molar-refractivity contribution in [3.8, 4) is 0 Å². The molecule has 1 aromatic rings. The molecule has 0 aliphatic rings. The van der Waals surface area contributed by atoms with Gasteiger partial charge in [0.05, 0.1) is 11.0 Å². The largest absolute Gasteiger partial charge is 0.391 e. The predicted molar refractivity (Wildman–Crippen MR) is 71.6 cm³/mol. The highest BCUT2D eigenvalue weighted by molar-refractivity contribution is 7.14. The molecule has 0 aliphatic carbocycles. The second kappa shape index (κ2) is 6.17. The summed E-state index contributed by atoms with van der Waals surface area (Å²) in [6.45, 7) is 8.29. The maximum atomic E-state index is 11.8. The van der Waals surface area contributed by atoms with E-state index >= 15 is 0 Å². The number of aryl methyl sites for hydroxylation is 2. The molecule has 0 spiro atoms. The molecule has 2 N–H and O–H groups in total. The van der Waals surface area contributed by atoms with E-state index in [0.717, 1.165) is 11.3 Å². The summed E-state index contributed by atoms with van der Waals surface area (Å²) in [5.41, 5.74) is 1.17. The number of hydrogen-bond acceptors (Lipinski definition) is 3. The number of rotatable bonds is 5. The molecule has 1 rings (SSSR count). The second-order valence-corrected chi connectivity index (χ2v) is 5.73. The van der Waals surface area contributed by atoms with Crippen molar-refractivity contribution in [2.75, 3.05) is 6.54 Å². The fourth-order valence-corrected chi connectivity index (χ4v) is 2.53. The summed E-state index contributed by atoms with van der Waals surface area (Å²) in [6.07, 6.45) is 0.476. The third-order valence-corrected chi connectivity index (χ3v) is 4.19. The van der Waals surface area contributed by atoms with Crippen molar-refractivity contribution >= 4 is 17.2 Å². The van der Waals surface area contributed by atoms with Gasteiger partial charge in [-0.3, -0.25) is 4.79 Å². The smallest absolute Gasteiger partial charge is 0.261 e. The molecule has 1 atom stereocenters. The Morgan fingerprint density at radius 2 is 2.18 bits per heavy atom. The van der Waals surface area contributed by atoms with E-state index < -0.39 is 6.10 Å². The van der Waals surface area contributed by atoms with Crippen molar-refractivity contribution in [3.63, 3.8) is 0 Å². The number of carbonyl (C=O) groups excluding carboxylic acids is 1. The van der Waals surface area contributed by atoms with E-state index in [0.29, 0.717) is 6.54 Å². The van der Waals surface area contributed by atoms with Crippen LogP contribution in [0.25, 0.3) is 0 Å². The molecule has 96 valence electrons. The average Bonchev–Trinajstić information content (AvgIpc) is 2.66. The Morgan fingerprint density at radius 1 is 1.53 bits per heavy atom. The summed E-state index contributed by atoms with van der Waals surface area (Å²) in [4.78, 5) is 13.8. The lowest BCUT2D eigenvalue weighted by atomic mass is 10.1. The fraction of sp³-hybridized carbons (Fsp3) is 0.615. The van der Waals surface area contributed by atoms with Crippen LogP contribution in [0.5, 0.6) is 0 Å². The lowest BCUT2D eigenvalue weighted by Gasteiger charge is -2.14. The molecular formula is C13H21NO2S. The van der Waals surface area contributed by atoms with Gasteiger partial charge in [-0.1, -0.05) is 20.8 Å².